The Balaban J connectivity index is 1.80. The molecule has 0 N–H and O–H groups in total. The number of para-hydroxylation sites is 1. The first-order chi connectivity index (χ1) is 12.5. The number of nitrogens with zero attached hydrogens (tertiary/aromatic N) is 1. The lowest BCUT2D eigenvalue weighted by Crippen LogP contribution is -2.46. The third kappa shape index (κ3) is 3.68. The Morgan fingerprint density at radius 3 is 2.54 bits per heavy atom. The standard InChI is InChI=1S/C20H20ClNO4/c1-13-11-17(20(24)25-2)16-5-3-4-6-18(16)22(13)19(23)12-26-15-9-7-14(21)8-10-15/h3-10,13,17H,11-12H2,1-2H3. The van der Waals surface area contributed by atoms with Crippen molar-refractivity contribution >= 4 is 29.2 Å². The van der Waals surface area contributed by atoms with Crippen molar-refractivity contribution in [2.45, 2.75) is 25.3 Å². The fourth-order valence-electron chi connectivity index (χ4n) is 3.30. The number of amides is 1. The number of esters is 1. The zero-order chi connectivity index (χ0) is 18.7. The molecule has 1 amide bonds. The molecule has 0 saturated carbocycles. The summed E-state index contributed by atoms with van der Waals surface area (Å²) < 4.78 is 10.5. The summed E-state index contributed by atoms with van der Waals surface area (Å²) in [5, 5.41) is 0.608. The van der Waals surface area contributed by atoms with Crippen LogP contribution in [0.4, 0.5) is 5.69 Å². The molecule has 2 aromatic rings. The van der Waals surface area contributed by atoms with Gasteiger partial charge in [0.15, 0.2) is 6.61 Å². The van der Waals surface area contributed by atoms with Crippen molar-refractivity contribution in [3.05, 3.63) is 59.1 Å². The lowest BCUT2D eigenvalue weighted by molar-refractivity contribution is -0.143. The Morgan fingerprint density at radius 2 is 1.85 bits per heavy atom. The highest BCUT2D eigenvalue weighted by Crippen LogP contribution is 2.39. The third-order valence-electron chi connectivity index (χ3n) is 4.52. The second kappa shape index (κ2) is 7.79. The molecule has 1 aliphatic rings. The minimum absolute atomic E-state index is 0.0941. The van der Waals surface area contributed by atoms with Gasteiger partial charge in [-0.25, -0.2) is 0 Å². The van der Waals surface area contributed by atoms with E-state index in [2.05, 4.69) is 0 Å². The molecule has 0 spiro atoms. The molecule has 6 heteroatoms. The molecule has 2 unspecified atom stereocenters. The number of hydrogen-bond acceptors (Lipinski definition) is 4. The summed E-state index contributed by atoms with van der Waals surface area (Å²) in [6.07, 6.45) is 0.510. The average molecular weight is 374 g/mol. The number of halogens is 1. The lowest BCUT2D eigenvalue weighted by atomic mass is 9.86. The summed E-state index contributed by atoms with van der Waals surface area (Å²) in [6, 6.07) is 14.1. The van der Waals surface area contributed by atoms with Gasteiger partial charge in [0.25, 0.3) is 5.91 Å². The van der Waals surface area contributed by atoms with E-state index < -0.39 is 0 Å². The van der Waals surface area contributed by atoms with Gasteiger partial charge >= 0.3 is 5.97 Å². The molecule has 0 saturated heterocycles. The zero-order valence-electron chi connectivity index (χ0n) is 14.6. The van der Waals surface area contributed by atoms with Gasteiger partial charge in [0.2, 0.25) is 0 Å². The van der Waals surface area contributed by atoms with Crippen molar-refractivity contribution in [1.29, 1.82) is 0 Å². The molecular weight excluding hydrogens is 354 g/mol. The van der Waals surface area contributed by atoms with Crippen molar-refractivity contribution in [2.24, 2.45) is 0 Å². The monoisotopic (exact) mass is 373 g/mol. The van der Waals surface area contributed by atoms with Crippen molar-refractivity contribution in [2.75, 3.05) is 18.6 Å². The molecule has 0 bridgehead atoms. The fraction of sp³-hybridized carbons (Fsp3) is 0.300. The van der Waals surface area contributed by atoms with Crippen LogP contribution < -0.4 is 9.64 Å². The van der Waals surface area contributed by atoms with Crippen LogP contribution in [0.25, 0.3) is 0 Å². The molecule has 3 rings (SSSR count). The third-order valence-corrected chi connectivity index (χ3v) is 4.77. The van der Waals surface area contributed by atoms with Crippen molar-refractivity contribution < 1.29 is 19.1 Å². The van der Waals surface area contributed by atoms with E-state index >= 15 is 0 Å². The average Bonchev–Trinajstić information content (AvgIpc) is 2.66. The van der Waals surface area contributed by atoms with Crippen LogP contribution in [0.2, 0.25) is 5.02 Å². The molecule has 0 aliphatic carbocycles. The Labute approximate surface area is 157 Å². The van der Waals surface area contributed by atoms with E-state index in [0.29, 0.717) is 17.2 Å². The Bertz CT molecular complexity index is 806. The van der Waals surface area contributed by atoms with Crippen LogP contribution in [0.3, 0.4) is 0 Å². The summed E-state index contributed by atoms with van der Waals surface area (Å²) in [5.41, 5.74) is 1.53. The van der Waals surface area contributed by atoms with Crippen molar-refractivity contribution in [3.8, 4) is 5.75 Å². The van der Waals surface area contributed by atoms with Gasteiger partial charge in [-0.2, -0.15) is 0 Å². The topological polar surface area (TPSA) is 55.8 Å². The van der Waals surface area contributed by atoms with Gasteiger partial charge in [-0.3, -0.25) is 9.59 Å². The van der Waals surface area contributed by atoms with E-state index in [1.807, 2.05) is 31.2 Å². The van der Waals surface area contributed by atoms with Gasteiger partial charge in [0.05, 0.1) is 13.0 Å². The summed E-state index contributed by atoms with van der Waals surface area (Å²) in [5.74, 6) is -0.238. The van der Waals surface area contributed by atoms with E-state index in [0.717, 1.165) is 11.3 Å². The Hall–Kier alpha value is -2.53. The van der Waals surface area contributed by atoms with E-state index in [9.17, 15) is 9.59 Å². The van der Waals surface area contributed by atoms with Crippen LogP contribution in [0.1, 0.15) is 24.8 Å². The van der Waals surface area contributed by atoms with Crippen LogP contribution in [0.5, 0.6) is 5.75 Å². The molecule has 0 aromatic heterocycles. The number of rotatable bonds is 4. The first kappa shape index (κ1) is 18.3. The van der Waals surface area contributed by atoms with Gasteiger partial charge in [0.1, 0.15) is 5.75 Å². The fourth-order valence-corrected chi connectivity index (χ4v) is 3.43. The molecule has 26 heavy (non-hydrogen) atoms. The Kier molecular flexibility index (Phi) is 5.47. The minimum Gasteiger partial charge on any atom is -0.484 e. The van der Waals surface area contributed by atoms with Crippen LogP contribution in [-0.2, 0) is 14.3 Å². The van der Waals surface area contributed by atoms with E-state index in [4.69, 9.17) is 21.1 Å². The Morgan fingerprint density at radius 1 is 1.15 bits per heavy atom. The second-order valence-corrected chi connectivity index (χ2v) is 6.66. The smallest absolute Gasteiger partial charge is 0.313 e. The number of carbonyl (C=O) groups excluding carboxylic acids is 2. The first-order valence-electron chi connectivity index (χ1n) is 8.38. The quantitative estimate of drug-likeness (QED) is 0.765. The molecule has 0 radical (unpaired) electrons. The number of methoxy groups -OCH3 is 1. The lowest BCUT2D eigenvalue weighted by Gasteiger charge is -2.38. The number of ether oxygens (including phenoxy) is 2. The largest absolute Gasteiger partial charge is 0.484 e. The van der Waals surface area contributed by atoms with Gasteiger partial charge in [-0.1, -0.05) is 29.8 Å². The maximum absolute atomic E-state index is 12.8. The molecule has 1 heterocycles. The van der Waals surface area contributed by atoms with Gasteiger partial charge in [-0.05, 0) is 49.2 Å². The zero-order valence-corrected chi connectivity index (χ0v) is 15.4. The van der Waals surface area contributed by atoms with Crippen LogP contribution in [0, 0.1) is 0 Å². The summed E-state index contributed by atoms with van der Waals surface area (Å²) >= 11 is 5.85. The van der Waals surface area contributed by atoms with Crippen molar-refractivity contribution in [1.82, 2.24) is 0 Å². The van der Waals surface area contributed by atoms with E-state index in [-0.39, 0.29) is 30.4 Å². The summed E-state index contributed by atoms with van der Waals surface area (Å²) in [7, 11) is 1.38. The number of carbonyl (C=O) groups is 2. The van der Waals surface area contributed by atoms with Gasteiger partial charge in [-0.15, -0.1) is 0 Å². The molecule has 2 aromatic carbocycles. The SMILES string of the molecule is COC(=O)C1CC(C)N(C(=O)COc2ccc(Cl)cc2)c2ccccc21. The summed E-state index contributed by atoms with van der Waals surface area (Å²) in [6.45, 7) is 1.83. The van der Waals surface area contributed by atoms with Crippen LogP contribution in [0.15, 0.2) is 48.5 Å². The summed E-state index contributed by atoms with van der Waals surface area (Å²) in [4.78, 5) is 26.6. The maximum Gasteiger partial charge on any atom is 0.313 e. The molecule has 136 valence electrons. The first-order valence-corrected chi connectivity index (χ1v) is 8.76. The van der Waals surface area contributed by atoms with Gasteiger partial charge in [0, 0.05) is 16.8 Å². The van der Waals surface area contributed by atoms with E-state index in [1.54, 1.807) is 29.2 Å². The number of hydrogen-bond donors (Lipinski definition) is 0. The highest BCUT2D eigenvalue weighted by molar-refractivity contribution is 6.30. The minimum atomic E-state index is -0.368. The molecule has 1 aliphatic heterocycles. The molecule has 5 nitrogen and oxygen atoms in total. The maximum atomic E-state index is 12.8. The van der Waals surface area contributed by atoms with Crippen LogP contribution in [-0.4, -0.2) is 31.6 Å². The highest BCUT2D eigenvalue weighted by Gasteiger charge is 2.37. The second-order valence-electron chi connectivity index (χ2n) is 6.23. The highest BCUT2D eigenvalue weighted by atomic mass is 35.5. The normalized spacial score (nSPS) is 18.8. The molecular formula is C20H20ClNO4. The van der Waals surface area contributed by atoms with Crippen molar-refractivity contribution in [3.63, 3.8) is 0 Å². The molecule has 2 atom stereocenters. The van der Waals surface area contributed by atoms with Crippen LogP contribution >= 0.6 is 11.6 Å². The van der Waals surface area contributed by atoms with E-state index in [1.165, 1.54) is 7.11 Å². The number of benzene rings is 2. The predicted molar refractivity (Wildman–Crippen MR) is 99.7 cm³/mol. The van der Waals surface area contributed by atoms with Gasteiger partial charge < -0.3 is 14.4 Å². The number of fused-ring (bicyclic) bond motifs is 1. The predicted octanol–water partition coefficient (Wildman–Crippen LogP) is 3.80. The molecule has 0 fully saturated rings. The number of anilines is 1.